The van der Waals surface area contributed by atoms with Gasteiger partial charge in [-0.2, -0.15) is 0 Å². The molecule has 0 aromatic rings. The maximum absolute atomic E-state index is 11.0. The van der Waals surface area contributed by atoms with E-state index in [9.17, 15) is 14.7 Å². The van der Waals surface area contributed by atoms with Crippen LogP contribution in [0.1, 0.15) is 51.9 Å². The SMILES string of the molecule is CCCCCCOC(=O)CCCC(=O)[O-].[Na+]. The van der Waals surface area contributed by atoms with E-state index in [4.69, 9.17) is 4.74 Å². The monoisotopic (exact) mass is 238 g/mol. The van der Waals surface area contributed by atoms with Crippen molar-refractivity contribution in [2.24, 2.45) is 0 Å². The van der Waals surface area contributed by atoms with Crippen molar-refractivity contribution in [1.29, 1.82) is 0 Å². The average Bonchev–Trinajstić information content (AvgIpc) is 2.17. The van der Waals surface area contributed by atoms with Gasteiger partial charge in [-0.05, 0) is 19.3 Å². The fraction of sp³-hybridized carbons (Fsp3) is 0.818. The summed E-state index contributed by atoms with van der Waals surface area (Å²) in [4.78, 5) is 21.1. The Balaban J connectivity index is 0. The first kappa shape index (κ1) is 18.3. The zero-order chi connectivity index (χ0) is 11.5. The smallest absolute Gasteiger partial charge is 0.550 e. The molecule has 0 aromatic carbocycles. The molecule has 0 aliphatic carbocycles. The van der Waals surface area contributed by atoms with Gasteiger partial charge in [0.05, 0.1) is 6.61 Å². The molecule has 0 unspecified atom stereocenters. The van der Waals surface area contributed by atoms with Gasteiger partial charge >= 0.3 is 35.5 Å². The molecular formula is C11H19NaO4. The maximum Gasteiger partial charge on any atom is 1.00 e. The molecule has 5 heteroatoms. The summed E-state index contributed by atoms with van der Waals surface area (Å²) in [5.41, 5.74) is 0. The molecule has 16 heavy (non-hydrogen) atoms. The molecule has 0 fully saturated rings. The van der Waals surface area contributed by atoms with E-state index in [2.05, 4.69) is 6.92 Å². The van der Waals surface area contributed by atoms with Crippen LogP contribution in [0.4, 0.5) is 0 Å². The first-order chi connectivity index (χ1) is 7.16. The Labute approximate surface area is 119 Å². The quantitative estimate of drug-likeness (QED) is 0.266. The van der Waals surface area contributed by atoms with Gasteiger partial charge in [0.1, 0.15) is 0 Å². The molecule has 0 saturated heterocycles. The molecule has 0 atom stereocenters. The number of hydrogen-bond acceptors (Lipinski definition) is 4. The first-order valence-corrected chi connectivity index (χ1v) is 5.52. The van der Waals surface area contributed by atoms with Crippen LogP contribution >= 0.6 is 0 Å². The minimum absolute atomic E-state index is 0. The van der Waals surface area contributed by atoms with Crippen LogP contribution in [-0.4, -0.2) is 18.5 Å². The molecule has 0 spiro atoms. The third kappa shape index (κ3) is 13.9. The third-order valence-electron chi connectivity index (χ3n) is 2.02. The van der Waals surface area contributed by atoms with E-state index in [0.717, 1.165) is 25.7 Å². The van der Waals surface area contributed by atoms with Crippen molar-refractivity contribution in [3.05, 3.63) is 0 Å². The van der Waals surface area contributed by atoms with E-state index in [1.165, 1.54) is 0 Å². The normalized spacial score (nSPS) is 9.31. The summed E-state index contributed by atoms with van der Waals surface area (Å²) in [6.45, 7) is 2.57. The van der Waals surface area contributed by atoms with Crippen LogP contribution in [0.25, 0.3) is 0 Å². The number of carboxylic acids is 1. The second-order valence-corrected chi connectivity index (χ2v) is 3.51. The van der Waals surface area contributed by atoms with E-state index < -0.39 is 5.97 Å². The van der Waals surface area contributed by atoms with Gasteiger partial charge in [0.25, 0.3) is 0 Å². The molecule has 0 aromatic heterocycles. The second kappa shape index (κ2) is 13.0. The molecule has 0 aliphatic rings. The zero-order valence-corrected chi connectivity index (χ0v) is 12.3. The number of aliphatic carboxylic acids is 1. The summed E-state index contributed by atoms with van der Waals surface area (Å²) in [6.07, 6.45) is 4.66. The fourth-order valence-electron chi connectivity index (χ4n) is 1.16. The summed E-state index contributed by atoms with van der Waals surface area (Å²) in [5, 5.41) is 10.0. The van der Waals surface area contributed by atoms with Crippen molar-refractivity contribution in [1.82, 2.24) is 0 Å². The van der Waals surface area contributed by atoms with Crippen molar-refractivity contribution in [2.45, 2.75) is 51.9 Å². The molecule has 0 radical (unpaired) electrons. The predicted octanol–water partition coefficient (Wildman–Crippen LogP) is -1.97. The van der Waals surface area contributed by atoms with Crippen LogP contribution in [0.5, 0.6) is 0 Å². The van der Waals surface area contributed by atoms with E-state index in [-0.39, 0.29) is 48.4 Å². The minimum Gasteiger partial charge on any atom is -0.550 e. The summed E-state index contributed by atoms with van der Waals surface area (Å²) in [6, 6.07) is 0. The maximum atomic E-state index is 11.0. The molecule has 0 N–H and O–H groups in total. The van der Waals surface area contributed by atoms with Gasteiger partial charge in [0.15, 0.2) is 0 Å². The van der Waals surface area contributed by atoms with E-state index in [0.29, 0.717) is 13.0 Å². The van der Waals surface area contributed by atoms with Gasteiger partial charge in [-0.15, -0.1) is 0 Å². The molecule has 0 bridgehead atoms. The number of carboxylic acid groups (broad SMARTS) is 1. The van der Waals surface area contributed by atoms with Gasteiger partial charge in [-0.25, -0.2) is 0 Å². The number of carbonyl (C=O) groups is 2. The molecule has 88 valence electrons. The zero-order valence-electron chi connectivity index (χ0n) is 10.3. The van der Waals surface area contributed by atoms with Crippen molar-refractivity contribution >= 4 is 11.9 Å². The van der Waals surface area contributed by atoms with Crippen LogP contribution in [-0.2, 0) is 14.3 Å². The summed E-state index contributed by atoms with van der Waals surface area (Å²) < 4.78 is 4.92. The molecule has 4 nitrogen and oxygen atoms in total. The van der Waals surface area contributed by atoms with Gasteiger partial charge in [0.2, 0.25) is 0 Å². The van der Waals surface area contributed by atoms with Crippen LogP contribution in [0.3, 0.4) is 0 Å². The van der Waals surface area contributed by atoms with Crippen LogP contribution < -0.4 is 34.7 Å². The Bertz CT molecular complexity index is 194. The standard InChI is InChI=1S/C11H20O4.Na/c1-2-3-4-5-9-15-11(14)8-6-7-10(12)13;/h2-9H2,1H3,(H,12,13);/q;+1/p-1. The van der Waals surface area contributed by atoms with E-state index >= 15 is 0 Å². The second-order valence-electron chi connectivity index (χ2n) is 3.51. The summed E-state index contributed by atoms with van der Waals surface area (Å²) >= 11 is 0. The van der Waals surface area contributed by atoms with Crippen molar-refractivity contribution in [3.8, 4) is 0 Å². The van der Waals surface area contributed by atoms with Crippen molar-refractivity contribution in [3.63, 3.8) is 0 Å². The number of ether oxygens (including phenoxy) is 1. The van der Waals surface area contributed by atoms with E-state index in [1.54, 1.807) is 0 Å². The topological polar surface area (TPSA) is 66.4 Å². The van der Waals surface area contributed by atoms with Gasteiger partial charge in [0, 0.05) is 12.4 Å². The first-order valence-electron chi connectivity index (χ1n) is 5.52. The molecular weight excluding hydrogens is 219 g/mol. The largest absolute Gasteiger partial charge is 1.00 e. The van der Waals surface area contributed by atoms with Crippen LogP contribution in [0, 0.1) is 0 Å². The van der Waals surface area contributed by atoms with Crippen LogP contribution in [0.15, 0.2) is 0 Å². The van der Waals surface area contributed by atoms with Crippen molar-refractivity contribution < 1.29 is 49.0 Å². The Morgan fingerprint density at radius 1 is 1.06 bits per heavy atom. The van der Waals surface area contributed by atoms with Crippen LogP contribution in [0.2, 0.25) is 0 Å². The molecule has 0 heterocycles. The number of esters is 1. The number of carbonyl (C=O) groups excluding carboxylic acids is 2. The molecule has 0 rings (SSSR count). The minimum atomic E-state index is -1.12. The van der Waals surface area contributed by atoms with Gasteiger partial charge in [-0.3, -0.25) is 4.79 Å². The Kier molecular flexibility index (Phi) is 14.9. The summed E-state index contributed by atoms with van der Waals surface area (Å²) in [5.74, 6) is -1.43. The predicted molar refractivity (Wildman–Crippen MR) is 54.0 cm³/mol. The summed E-state index contributed by atoms with van der Waals surface area (Å²) in [7, 11) is 0. The number of hydrogen-bond donors (Lipinski definition) is 0. The van der Waals surface area contributed by atoms with Crippen molar-refractivity contribution in [2.75, 3.05) is 6.61 Å². The Morgan fingerprint density at radius 3 is 2.31 bits per heavy atom. The van der Waals surface area contributed by atoms with Gasteiger partial charge < -0.3 is 14.6 Å². The number of rotatable bonds is 9. The Morgan fingerprint density at radius 2 is 1.75 bits per heavy atom. The molecule has 0 saturated carbocycles. The Hall–Kier alpha value is -0.0600. The van der Waals surface area contributed by atoms with Gasteiger partial charge in [-0.1, -0.05) is 26.2 Å². The number of unbranched alkanes of at least 4 members (excludes halogenated alkanes) is 3. The molecule has 0 amide bonds. The third-order valence-corrected chi connectivity index (χ3v) is 2.02. The molecule has 0 aliphatic heterocycles. The fourth-order valence-corrected chi connectivity index (χ4v) is 1.16. The van der Waals surface area contributed by atoms with E-state index in [1.807, 2.05) is 0 Å². The average molecular weight is 238 g/mol.